The van der Waals surface area contributed by atoms with Crippen LogP contribution < -0.4 is 0 Å². The average Bonchev–Trinajstić information content (AvgIpc) is 2.42. The van der Waals surface area contributed by atoms with E-state index >= 15 is 0 Å². The van der Waals surface area contributed by atoms with Crippen molar-refractivity contribution in [3.8, 4) is 0 Å². The Morgan fingerprint density at radius 2 is 1.42 bits per heavy atom. The highest BCUT2D eigenvalue weighted by atomic mass is 16.4. The molecule has 0 aliphatic carbocycles. The molecule has 0 aromatic heterocycles. The van der Waals surface area contributed by atoms with Crippen LogP contribution >= 0.6 is 0 Å². The average molecular weight is 271 g/mol. The Balaban J connectivity index is 4.53. The summed E-state index contributed by atoms with van der Waals surface area (Å²) in [6.07, 6.45) is 10.8. The highest BCUT2D eigenvalue weighted by Gasteiger charge is 2.32. The van der Waals surface area contributed by atoms with Crippen molar-refractivity contribution < 1.29 is 10.3 Å². The molecule has 0 saturated heterocycles. The Bertz CT molecular complexity index is 241. The molecule has 0 aliphatic rings. The van der Waals surface area contributed by atoms with E-state index in [1.165, 1.54) is 12.8 Å². The van der Waals surface area contributed by atoms with Gasteiger partial charge in [-0.2, -0.15) is 0 Å². The molecular formula is C16H33NO2. The molecular weight excluding hydrogens is 238 g/mol. The zero-order valence-corrected chi connectivity index (χ0v) is 13.1. The monoisotopic (exact) mass is 271 g/mol. The zero-order valence-electron chi connectivity index (χ0n) is 13.1. The number of rotatable bonds is 12. The van der Waals surface area contributed by atoms with Gasteiger partial charge in [0.2, 0.25) is 0 Å². The summed E-state index contributed by atoms with van der Waals surface area (Å²) in [7, 11) is 0. The normalized spacial score (nSPS) is 15.5. The first kappa shape index (κ1) is 18.4. The Labute approximate surface area is 119 Å². The predicted molar refractivity (Wildman–Crippen MR) is 82.0 cm³/mol. The summed E-state index contributed by atoms with van der Waals surface area (Å²) in [6.45, 7) is 6.42. The molecule has 3 nitrogen and oxygen atoms in total. The van der Waals surface area contributed by atoms with Gasteiger partial charge in [0.25, 0.3) is 0 Å². The van der Waals surface area contributed by atoms with Gasteiger partial charge in [0, 0.05) is 0 Å². The summed E-state index contributed by atoms with van der Waals surface area (Å²) in [5.74, 6) is 0. The summed E-state index contributed by atoms with van der Waals surface area (Å²) in [4.78, 5) is 0. The summed E-state index contributed by atoms with van der Waals surface area (Å²) < 4.78 is 0. The Kier molecular flexibility index (Phi) is 10.9. The number of aliphatic hydroxyl groups is 1. The van der Waals surface area contributed by atoms with E-state index in [-0.39, 0.29) is 0 Å². The predicted octanol–water partition coefficient (Wildman–Crippen LogP) is 4.90. The van der Waals surface area contributed by atoms with Crippen LogP contribution in [0.5, 0.6) is 0 Å². The van der Waals surface area contributed by atoms with E-state index in [0.29, 0.717) is 12.1 Å². The smallest absolute Gasteiger partial charge is 0.106 e. The van der Waals surface area contributed by atoms with E-state index in [0.717, 1.165) is 51.4 Å². The van der Waals surface area contributed by atoms with Crippen LogP contribution in [-0.2, 0) is 0 Å². The molecule has 0 aromatic rings. The lowest BCUT2D eigenvalue weighted by atomic mass is 9.84. The number of unbranched alkanes of at least 4 members (excludes halogenated alkanes) is 5. The fourth-order valence-corrected chi connectivity index (χ4v) is 2.45. The SMILES string of the molecule is CCCCCCC(O)(CCCC)/C(CCCC)=N/O. The van der Waals surface area contributed by atoms with Crippen molar-refractivity contribution in [1.82, 2.24) is 0 Å². The third-order valence-electron chi connectivity index (χ3n) is 3.81. The van der Waals surface area contributed by atoms with Crippen molar-refractivity contribution in [3.63, 3.8) is 0 Å². The number of hydrogen-bond donors (Lipinski definition) is 2. The summed E-state index contributed by atoms with van der Waals surface area (Å²) >= 11 is 0. The highest BCUT2D eigenvalue weighted by Crippen LogP contribution is 2.26. The quantitative estimate of drug-likeness (QED) is 0.229. The van der Waals surface area contributed by atoms with Crippen molar-refractivity contribution in [2.45, 2.75) is 97.0 Å². The first-order chi connectivity index (χ1) is 9.14. The van der Waals surface area contributed by atoms with Crippen LogP contribution in [0.25, 0.3) is 0 Å². The molecule has 2 N–H and O–H groups in total. The van der Waals surface area contributed by atoms with Crippen LogP contribution in [0.2, 0.25) is 0 Å². The van der Waals surface area contributed by atoms with Crippen molar-refractivity contribution >= 4 is 5.71 Å². The maximum Gasteiger partial charge on any atom is 0.106 e. The second-order valence-electron chi connectivity index (χ2n) is 5.60. The lowest BCUT2D eigenvalue weighted by Gasteiger charge is -2.29. The van der Waals surface area contributed by atoms with Gasteiger partial charge < -0.3 is 10.3 Å². The van der Waals surface area contributed by atoms with E-state index in [1.807, 2.05) is 0 Å². The topological polar surface area (TPSA) is 52.8 Å². The van der Waals surface area contributed by atoms with Crippen molar-refractivity contribution in [2.24, 2.45) is 5.16 Å². The number of nitrogens with zero attached hydrogens (tertiary/aromatic N) is 1. The second-order valence-corrected chi connectivity index (χ2v) is 5.60. The number of oxime groups is 1. The molecule has 114 valence electrons. The molecule has 19 heavy (non-hydrogen) atoms. The Hall–Kier alpha value is -0.570. The molecule has 0 heterocycles. The molecule has 3 heteroatoms. The van der Waals surface area contributed by atoms with Crippen LogP contribution in [0.15, 0.2) is 5.16 Å². The van der Waals surface area contributed by atoms with Crippen LogP contribution in [-0.4, -0.2) is 21.6 Å². The van der Waals surface area contributed by atoms with E-state index in [9.17, 15) is 10.3 Å². The summed E-state index contributed by atoms with van der Waals surface area (Å²) in [6, 6.07) is 0. The molecule has 0 spiro atoms. The fraction of sp³-hybridized carbons (Fsp3) is 0.938. The molecule has 0 rings (SSSR count). The third-order valence-corrected chi connectivity index (χ3v) is 3.81. The molecule has 0 amide bonds. The first-order valence-corrected chi connectivity index (χ1v) is 8.08. The van der Waals surface area contributed by atoms with Gasteiger partial charge in [0.1, 0.15) is 5.60 Å². The lowest BCUT2D eigenvalue weighted by molar-refractivity contribution is 0.0805. The summed E-state index contributed by atoms with van der Waals surface area (Å²) in [5.41, 5.74) is -0.285. The minimum Gasteiger partial charge on any atom is -0.411 e. The van der Waals surface area contributed by atoms with Crippen LogP contribution in [0, 0.1) is 0 Å². The van der Waals surface area contributed by atoms with Gasteiger partial charge in [-0.15, -0.1) is 0 Å². The highest BCUT2D eigenvalue weighted by molar-refractivity contribution is 5.91. The Morgan fingerprint density at radius 3 is 1.95 bits per heavy atom. The maximum atomic E-state index is 10.8. The molecule has 0 saturated carbocycles. The lowest BCUT2D eigenvalue weighted by Crippen LogP contribution is -2.38. The molecule has 0 radical (unpaired) electrons. The van der Waals surface area contributed by atoms with Gasteiger partial charge >= 0.3 is 0 Å². The molecule has 1 atom stereocenters. The van der Waals surface area contributed by atoms with E-state index < -0.39 is 5.60 Å². The van der Waals surface area contributed by atoms with Crippen molar-refractivity contribution in [3.05, 3.63) is 0 Å². The van der Waals surface area contributed by atoms with Gasteiger partial charge in [-0.05, 0) is 25.7 Å². The van der Waals surface area contributed by atoms with Crippen LogP contribution in [0.4, 0.5) is 0 Å². The van der Waals surface area contributed by atoms with E-state index in [4.69, 9.17) is 0 Å². The largest absolute Gasteiger partial charge is 0.411 e. The second kappa shape index (κ2) is 11.3. The molecule has 0 aromatic carbocycles. The number of hydrogen-bond acceptors (Lipinski definition) is 3. The molecule has 1 unspecified atom stereocenters. The first-order valence-electron chi connectivity index (χ1n) is 8.08. The standard InChI is InChI=1S/C16H33NO2/c1-4-7-10-11-14-16(18,13-9-6-3)15(17-19)12-8-5-2/h18-19H,4-14H2,1-3H3/b17-15+. The van der Waals surface area contributed by atoms with E-state index in [2.05, 4.69) is 25.9 Å². The molecule has 0 fully saturated rings. The minimum absolute atomic E-state index is 0.597. The van der Waals surface area contributed by atoms with Gasteiger partial charge in [-0.1, -0.05) is 70.9 Å². The molecule has 0 bridgehead atoms. The van der Waals surface area contributed by atoms with Crippen molar-refractivity contribution in [2.75, 3.05) is 0 Å². The fourth-order valence-electron chi connectivity index (χ4n) is 2.45. The van der Waals surface area contributed by atoms with E-state index in [1.54, 1.807) is 0 Å². The van der Waals surface area contributed by atoms with Gasteiger partial charge in [0.15, 0.2) is 0 Å². The zero-order chi connectivity index (χ0) is 14.6. The van der Waals surface area contributed by atoms with Gasteiger partial charge in [0.05, 0.1) is 5.71 Å². The minimum atomic E-state index is -0.881. The Morgan fingerprint density at radius 1 is 0.842 bits per heavy atom. The summed E-state index contributed by atoms with van der Waals surface area (Å²) in [5, 5.41) is 23.5. The van der Waals surface area contributed by atoms with Crippen molar-refractivity contribution in [1.29, 1.82) is 0 Å². The maximum absolute atomic E-state index is 10.8. The van der Waals surface area contributed by atoms with Crippen LogP contribution in [0.3, 0.4) is 0 Å². The van der Waals surface area contributed by atoms with Gasteiger partial charge in [-0.25, -0.2) is 0 Å². The third kappa shape index (κ3) is 7.56. The van der Waals surface area contributed by atoms with Gasteiger partial charge in [-0.3, -0.25) is 0 Å². The van der Waals surface area contributed by atoms with Crippen LogP contribution in [0.1, 0.15) is 91.4 Å². The molecule has 0 aliphatic heterocycles.